The van der Waals surface area contributed by atoms with Gasteiger partial charge in [-0.25, -0.2) is 0 Å². The van der Waals surface area contributed by atoms with E-state index in [1.807, 2.05) is 6.92 Å². The molecule has 1 aromatic carbocycles. The van der Waals surface area contributed by atoms with E-state index in [1.165, 1.54) is 7.11 Å². The van der Waals surface area contributed by atoms with Gasteiger partial charge in [-0.05, 0) is 57.4 Å². The van der Waals surface area contributed by atoms with Crippen LogP contribution in [0.4, 0.5) is 4.39 Å². The lowest BCUT2D eigenvalue weighted by Crippen LogP contribution is -2.49. The van der Waals surface area contributed by atoms with Crippen molar-refractivity contribution in [2.75, 3.05) is 7.11 Å². The van der Waals surface area contributed by atoms with Crippen molar-refractivity contribution in [2.45, 2.75) is 52.2 Å². The van der Waals surface area contributed by atoms with Crippen LogP contribution in [0.2, 0.25) is 10.0 Å². The van der Waals surface area contributed by atoms with E-state index in [-0.39, 0.29) is 44.5 Å². The van der Waals surface area contributed by atoms with Crippen molar-refractivity contribution in [1.82, 2.24) is 4.98 Å². The van der Waals surface area contributed by atoms with Crippen LogP contribution in [0.3, 0.4) is 0 Å². The molecule has 2 aromatic rings. The van der Waals surface area contributed by atoms with Crippen molar-refractivity contribution in [1.29, 1.82) is 0 Å². The summed E-state index contributed by atoms with van der Waals surface area (Å²) in [5.41, 5.74) is -0.794. The summed E-state index contributed by atoms with van der Waals surface area (Å²) in [7, 11) is 1.29. The number of aliphatic hydroxyl groups excluding tert-OH is 1. The number of ketones is 1. The zero-order chi connectivity index (χ0) is 24.0. The second-order valence-corrected chi connectivity index (χ2v) is 9.07. The number of hydrogen-bond donors (Lipinski definition) is 1. The third kappa shape index (κ3) is 4.17. The monoisotopic (exact) mass is 483 g/mol. The number of aryl methyl sites for hydroxylation is 1. The third-order valence-corrected chi connectivity index (χ3v) is 5.87. The predicted molar refractivity (Wildman–Crippen MR) is 120 cm³/mol. The van der Waals surface area contributed by atoms with E-state index >= 15 is 0 Å². The fourth-order valence-corrected chi connectivity index (χ4v) is 4.20. The molecule has 0 bridgehead atoms. The highest BCUT2D eigenvalue weighted by atomic mass is 35.5. The van der Waals surface area contributed by atoms with Gasteiger partial charge in [-0.1, -0.05) is 36.2 Å². The number of hydrogen-bond acceptors (Lipinski definition) is 6. The molecule has 1 aliphatic heterocycles. The van der Waals surface area contributed by atoms with Crippen LogP contribution >= 0.6 is 23.2 Å². The van der Waals surface area contributed by atoms with Crippen molar-refractivity contribution in [3.63, 3.8) is 0 Å². The lowest BCUT2D eigenvalue weighted by molar-refractivity contribution is -0.158. The van der Waals surface area contributed by atoms with E-state index in [0.29, 0.717) is 12.0 Å². The van der Waals surface area contributed by atoms with E-state index in [1.54, 1.807) is 45.9 Å². The fraction of sp³-hybridized carbons (Fsp3) is 0.391. The van der Waals surface area contributed by atoms with E-state index < -0.39 is 17.1 Å². The molecule has 32 heavy (non-hydrogen) atoms. The standard InChI is InChI=1S/C23H24Cl2FNO5/c1-7-11-8-9-12(31-21-16(25)17(30-6)15(24)20(26)27-21)10-13(11)14-18(28)22(2,3)32-23(4,5)19(14)29/h8-10,28H,7H2,1-6H3. The molecule has 2 heterocycles. The Morgan fingerprint density at radius 3 is 2.41 bits per heavy atom. The van der Waals surface area contributed by atoms with Crippen molar-refractivity contribution >= 4 is 34.6 Å². The zero-order valence-electron chi connectivity index (χ0n) is 18.6. The number of Topliss-reactive ketones (excluding diaryl/α,β-unsaturated/α-hetero) is 1. The van der Waals surface area contributed by atoms with Gasteiger partial charge in [-0.2, -0.15) is 9.37 Å². The number of aromatic nitrogens is 1. The normalized spacial score (nSPS) is 17.5. The molecule has 0 saturated heterocycles. The highest BCUT2D eigenvalue weighted by molar-refractivity contribution is 6.37. The molecule has 0 fully saturated rings. The summed E-state index contributed by atoms with van der Waals surface area (Å²) in [6.45, 7) is 8.61. The molecule has 1 aliphatic rings. The first-order chi connectivity index (χ1) is 14.8. The number of methoxy groups -OCH3 is 1. The molecule has 0 saturated carbocycles. The molecular weight excluding hydrogens is 460 g/mol. The molecule has 0 radical (unpaired) electrons. The molecule has 1 aromatic heterocycles. The van der Waals surface area contributed by atoms with Crippen LogP contribution < -0.4 is 9.47 Å². The molecule has 6 nitrogen and oxygen atoms in total. The molecule has 9 heteroatoms. The third-order valence-electron chi connectivity index (χ3n) is 5.21. The molecule has 0 atom stereocenters. The quantitative estimate of drug-likeness (QED) is 0.501. The smallest absolute Gasteiger partial charge is 0.244 e. The number of benzene rings is 1. The van der Waals surface area contributed by atoms with Gasteiger partial charge in [-0.3, -0.25) is 4.79 Å². The van der Waals surface area contributed by atoms with E-state index in [0.717, 1.165) is 5.56 Å². The van der Waals surface area contributed by atoms with Crippen LogP contribution in [0.1, 0.15) is 45.7 Å². The maximum absolute atomic E-state index is 14.1. The number of rotatable bonds is 5. The van der Waals surface area contributed by atoms with Crippen LogP contribution in [0.25, 0.3) is 5.57 Å². The fourth-order valence-electron chi connectivity index (χ4n) is 3.69. The summed E-state index contributed by atoms with van der Waals surface area (Å²) in [4.78, 5) is 16.9. The maximum Gasteiger partial charge on any atom is 0.244 e. The van der Waals surface area contributed by atoms with Gasteiger partial charge in [0.05, 0.1) is 12.7 Å². The van der Waals surface area contributed by atoms with Crippen LogP contribution in [0, 0.1) is 5.95 Å². The van der Waals surface area contributed by atoms with E-state index in [2.05, 4.69) is 4.98 Å². The predicted octanol–water partition coefficient (Wildman–Crippen LogP) is 6.32. The Bertz CT molecular complexity index is 1130. The Balaban J connectivity index is 2.16. The Kier molecular flexibility index (Phi) is 6.48. The average molecular weight is 484 g/mol. The molecule has 172 valence electrons. The topological polar surface area (TPSA) is 77.9 Å². The van der Waals surface area contributed by atoms with Gasteiger partial charge < -0.3 is 19.3 Å². The zero-order valence-corrected chi connectivity index (χ0v) is 20.1. The Morgan fingerprint density at radius 2 is 1.81 bits per heavy atom. The SMILES string of the molecule is CCc1ccc(Oc2nc(F)c(Cl)c(OC)c2Cl)cc1C1=C(O)C(C)(C)OC(C)(C)C1=O. The number of pyridine rings is 1. The number of carbonyl (C=O) groups is 1. The molecular formula is C23H24Cl2FNO5. The first-order valence-corrected chi connectivity index (χ1v) is 10.7. The summed E-state index contributed by atoms with van der Waals surface area (Å²) in [6.07, 6.45) is 0.587. The highest BCUT2D eigenvalue weighted by Crippen LogP contribution is 2.44. The lowest BCUT2D eigenvalue weighted by Gasteiger charge is -2.40. The second-order valence-electron chi connectivity index (χ2n) is 8.32. The molecule has 0 amide bonds. The van der Waals surface area contributed by atoms with Gasteiger partial charge in [0, 0.05) is 0 Å². The maximum atomic E-state index is 14.1. The number of carbonyl (C=O) groups excluding carboxylic acids is 1. The van der Waals surface area contributed by atoms with Gasteiger partial charge in [0.25, 0.3) is 0 Å². The first kappa shape index (κ1) is 24.3. The number of halogens is 3. The highest BCUT2D eigenvalue weighted by Gasteiger charge is 2.47. The summed E-state index contributed by atoms with van der Waals surface area (Å²) in [6, 6.07) is 4.97. The molecule has 0 spiro atoms. The lowest BCUT2D eigenvalue weighted by atomic mass is 9.81. The van der Waals surface area contributed by atoms with Gasteiger partial charge in [-0.15, -0.1) is 0 Å². The average Bonchev–Trinajstić information content (AvgIpc) is 2.71. The Morgan fingerprint density at radius 1 is 1.16 bits per heavy atom. The van der Waals surface area contributed by atoms with E-state index in [4.69, 9.17) is 37.4 Å². The van der Waals surface area contributed by atoms with Crippen molar-refractivity contribution in [3.05, 3.63) is 51.1 Å². The van der Waals surface area contributed by atoms with Crippen LogP contribution in [-0.4, -0.2) is 34.2 Å². The Hall–Kier alpha value is -2.35. The van der Waals surface area contributed by atoms with Crippen LogP contribution in [0.15, 0.2) is 24.0 Å². The Labute approximate surface area is 195 Å². The van der Waals surface area contributed by atoms with Crippen molar-refractivity contribution in [2.24, 2.45) is 0 Å². The number of aliphatic hydroxyl groups is 1. The van der Waals surface area contributed by atoms with Crippen molar-refractivity contribution < 1.29 is 28.5 Å². The largest absolute Gasteiger partial charge is 0.508 e. The summed E-state index contributed by atoms with van der Waals surface area (Å²) in [5, 5.41) is 10.4. The molecule has 1 N–H and O–H groups in total. The van der Waals surface area contributed by atoms with Gasteiger partial charge in [0.15, 0.2) is 11.5 Å². The minimum atomic E-state index is -1.15. The summed E-state index contributed by atoms with van der Waals surface area (Å²) in [5.74, 6) is -1.68. The van der Waals surface area contributed by atoms with Gasteiger partial charge >= 0.3 is 0 Å². The molecule has 0 aliphatic carbocycles. The first-order valence-electron chi connectivity index (χ1n) is 9.92. The number of nitrogens with zero attached hydrogens (tertiary/aromatic N) is 1. The van der Waals surface area contributed by atoms with E-state index in [9.17, 15) is 14.3 Å². The van der Waals surface area contributed by atoms with Crippen molar-refractivity contribution in [3.8, 4) is 17.4 Å². The number of ether oxygens (including phenoxy) is 3. The van der Waals surface area contributed by atoms with Gasteiger partial charge in [0.1, 0.15) is 32.8 Å². The molecule has 0 unspecified atom stereocenters. The van der Waals surface area contributed by atoms with Crippen LogP contribution in [0.5, 0.6) is 17.4 Å². The minimum Gasteiger partial charge on any atom is -0.508 e. The van der Waals surface area contributed by atoms with Crippen LogP contribution in [-0.2, 0) is 16.0 Å². The minimum absolute atomic E-state index is 0.105. The molecule has 3 rings (SSSR count). The summed E-state index contributed by atoms with van der Waals surface area (Å²) >= 11 is 12.1. The summed E-state index contributed by atoms with van der Waals surface area (Å²) < 4.78 is 30.7. The second kappa shape index (κ2) is 8.54. The van der Waals surface area contributed by atoms with Gasteiger partial charge in [0.2, 0.25) is 11.8 Å².